The molecule has 33 heavy (non-hydrogen) atoms. The zero-order valence-corrected chi connectivity index (χ0v) is 18.2. The number of nitrogens with zero attached hydrogens (tertiary/aromatic N) is 2. The van der Waals surface area contributed by atoms with E-state index in [0.717, 1.165) is 51.2 Å². The Morgan fingerprint density at radius 3 is 2.03 bits per heavy atom. The molecule has 3 aromatic rings. The number of carbonyl (C=O) groups is 2. The second kappa shape index (κ2) is 9.21. The molecule has 0 N–H and O–H groups in total. The molecule has 1 heterocycles. The van der Waals surface area contributed by atoms with Gasteiger partial charge in [-0.3, -0.25) is 9.59 Å². The van der Waals surface area contributed by atoms with Crippen molar-refractivity contribution in [2.24, 2.45) is 0 Å². The minimum Gasteiger partial charge on any atom is -0.274 e. The fourth-order valence-electron chi connectivity index (χ4n) is 3.77. The van der Waals surface area contributed by atoms with Crippen molar-refractivity contribution in [3.63, 3.8) is 0 Å². The summed E-state index contributed by atoms with van der Waals surface area (Å²) in [5.41, 5.74) is 1.01. The highest BCUT2D eigenvalue weighted by Gasteiger charge is 2.46. The number of sulfonamides is 1. The normalized spacial score (nSPS) is 16.6. The molecule has 3 aromatic carbocycles. The number of hydrogen-bond acceptors (Lipinski definition) is 4. The van der Waals surface area contributed by atoms with Crippen LogP contribution in [0.1, 0.15) is 12.0 Å². The highest BCUT2D eigenvalue weighted by molar-refractivity contribution is 7.89. The number of anilines is 1. The van der Waals surface area contributed by atoms with Crippen LogP contribution in [-0.4, -0.2) is 37.1 Å². The summed E-state index contributed by atoms with van der Waals surface area (Å²) in [5.74, 6) is -2.43. The highest BCUT2D eigenvalue weighted by atomic mass is 32.2. The molecule has 2 amide bonds. The predicted molar refractivity (Wildman–Crippen MR) is 118 cm³/mol. The number of hydrogen-bond donors (Lipinski definition) is 0. The lowest BCUT2D eigenvalue weighted by molar-refractivity contribution is -0.122. The third-order valence-corrected chi connectivity index (χ3v) is 7.36. The molecule has 1 unspecified atom stereocenters. The number of imide groups is 1. The van der Waals surface area contributed by atoms with Crippen LogP contribution in [0.15, 0.2) is 83.8 Å². The Labute approximate surface area is 190 Å². The minimum atomic E-state index is -4.23. The van der Waals surface area contributed by atoms with Crippen molar-refractivity contribution in [2.75, 3.05) is 11.4 Å². The third kappa shape index (κ3) is 4.69. The van der Waals surface area contributed by atoms with Crippen LogP contribution >= 0.6 is 0 Å². The van der Waals surface area contributed by atoms with E-state index in [1.165, 1.54) is 12.1 Å². The van der Waals surface area contributed by atoms with E-state index in [1.54, 1.807) is 0 Å². The van der Waals surface area contributed by atoms with E-state index >= 15 is 0 Å². The molecule has 1 fully saturated rings. The maximum Gasteiger partial charge on any atom is 0.252 e. The number of halogens is 2. The zero-order chi connectivity index (χ0) is 23.6. The summed E-state index contributed by atoms with van der Waals surface area (Å²) in [4.78, 5) is 26.6. The zero-order valence-electron chi connectivity index (χ0n) is 17.4. The van der Waals surface area contributed by atoms with Crippen LogP contribution in [0.5, 0.6) is 0 Å². The van der Waals surface area contributed by atoms with Gasteiger partial charge in [0.2, 0.25) is 15.9 Å². The Morgan fingerprint density at radius 1 is 0.848 bits per heavy atom. The molecular weight excluding hydrogens is 450 g/mol. The first-order valence-corrected chi connectivity index (χ1v) is 11.6. The number of rotatable bonds is 7. The second-order valence-corrected chi connectivity index (χ2v) is 9.46. The molecule has 1 saturated heterocycles. The highest BCUT2D eigenvalue weighted by Crippen LogP contribution is 2.29. The van der Waals surface area contributed by atoms with Crippen molar-refractivity contribution in [3.05, 3.63) is 96.1 Å². The van der Waals surface area contributed by atoms with Gasteiger partial charge in [0.15, 0.2) is 0 Å². The quantitative estimate of drug-likeness (QED) is 0.495. The Morgan fingerprint density at radius 2 is 1.42 bits per heavy atom. The molecule has 1 aliphatic heterocycles. The standard InChI is InChI=1S/C24H20F2N2O4S/c25-18-6-10-20(11-7-18)28-23(29)16-22(24(28)30)27(15-14-17-4-2-1-3-5-17)33(31,32)21-12-8-19(26)9-13-21/h1-13,22H,14-16H2. The molecule has 1 aliphatic rings. The number of amides is 2. The smallest absolute Gasteiger partial charge is 0.252 e. The van der Waals surface area contributed by atoms with Crippen molar-refractivity contribution in [1.29, 1.82) is 0 Å². The molecule has 6 nitrogen and oxygen atoms in total. The van der Waals surface area contributed by atoms with E-state index in [-0.39, 0.29) is 23.5 Å². The molecule has 4 rings (SSSR count). The summed E-state index contributed by atoms with van der Waals surface area (Å²) in [5, 5.41) is 0. The molecule has 170 valence electrons. The van der Waals surface area contributed by atoms with E-state index in [9.17, 15) is 26.8 Å². The van der Waals surface area contributed by atoms with Crippen LogP contribution in [0.3, 0.4) is 0 Å². The molecule has 9 heteroatoms. The summed E-state index contributed by atoms with van der Waals surface area (Å²) >= 11 is 0. The lowest BCUT2D eigenvalue weighted by Gasteiger charge is -2.27. The first kappa shape index (κ1) is 22.8. The van der Waals surface area contributed by atoms with Gasteiger partial charge in [-0.2, -0.15) is 4.31 Å². The van der Waals surface area contributed by atoms with Crippen LogP contribution < -0.4 is 4.90 Å². The van der Waals surface area contributed by atoms with Crippen LogP contribution in [0.25, 0.3) is 0 Å². The van der Waals surface area contributed by atoms with Gasteiger partial charge in [-0.05, 0) is 60.5 Å². The lowest BCUT2D eigenvalue weighted by atomic mass is 10.1. The fourth-order valence-corrected chi connectivity index (χ4v) is 5.35. The van der Waals surface area contributed by atoms with E-state index in [2.05, 4.69) is 0 Å². The maximum atomic E-state index is 13.5. The topological polar surface area (TPSA) is 74.8 Å². The molecular formula is C24H20F2N2O4S. The monoisotopic (exact) mass is 470 g/mol. The summed E-state index contributed by atoms with van der Waals surface area (Å²) in [6.45, 7) is -0.0648. The van der Waals surface area contributed by atoms with E-state index in [1.807, 2.05) is 30.3 Å². The maximum absolute atomic E-state index is 13.5. The van der Waals surface area contributed by atoms with Gasteiger partial charge in [0.05, 0.1) is 17.0 Å². The van der Waals surface area contributed by atoms with Gasteiger partial charge in [-0.15, -0.1) is 0 Å². The SMILES string of the molecule is O=C1CC(N(CCc2ccccc2)S(=O)(=O)c2ccc(F)cc2)C(=O)N1c1ccc(F)cc1. The Kier molecular flexibility index (Phi) is 6.35. The first-order chi connectivity index (χ1) is 15.8. The van der Waals surface area contributed by atoms with Gasteiger partial charge in [0.25, 0.3) is 5.91 Å². The van der Waals surface area contributed by atoms with Crippen LogP contribution in [0.2, 0.25) is 0 Å². The van der Waals surface area contributed by atoms with E-state index < -0.39 is 39.5 Å². The van der Waals surface area contributed by atoms with Crippen LogP contribution in [0, 0.1) is 11.6 Å². The Bertz CT molecular complexity index is 1260. The van der Waals surface area contributed by atoms with Gasteiger partial charge in [0.1, 0.15) is 17.7 Å². The summed E-state index contributed by atoms with van der Waals surface area (Å²) in [6, 6.07) is 16.9. The van der Waals surface area contributed by atoms with Gasteiger partial charge in [-0.1, -0.05) is 30.3 Å². The fraction of sp³-hybridized carbons (Fsp3) is 0.167. The minimum absolute atomic E-state index is 0.0648. The first-order valence-electron chi connectivity index (χ1n) is 10.2. The largest absolute Gasteiger partial charge is 0.274 e. The van der Waals surface area contributed by atoms with Crippen molar-refractivity contribution in [2.45, 2.75) is 23.8 Å². The summed E-state index contributed by atoms with van der Waals surface area (Å²) in [7, 11) is -4.23. The van der Waals surface area contributed by atoms with Crippen LogP contribution in [-0.2, 0) is 26.0 Å². The molecule has 1 atom stereocenters. The molecule has 0 radical (unpaired) electrons. The number of benzene rings is 3. The van der Waals surface area contributed by atoms with E-state index in [0.29, 0.717) is 6.42 Å². The van der Waals surface area contributed by atoms with Gasteiger partial charge in [0, 0.05) is 6.54 Å². The van der Waals surface area contributed by atoms with Crippen molar-refractivity contribution in [3.8, 4) is 0 Å². The Hall–Kier alpha value is -3.43. The second-order valence-electron chi connectivity index (χ2n) is 7.57. The molecule has 0 bridgehead atoms. The lowest BCUT2D eigenvalue weighted by Crippen LogP contribution is -2.46. The van der Waals surface area contributed by atoms with E-state index in [4.69, 9.17) is 0 Å². The van der Waals surface area contributed by atoms with Crippen molar-refractivity contribution >= 4 is 27.5 Å². The van der Waals surface area contributed by atoms with Gasteiger partial charge in [-0.25, -0.2) is 22.1 Å². The Balaban J connectivity index is 1.69. The summed E-state index contributed by atoms with van der Waals surface area (Å²) < 4.78 is 54.6. The third-order valence-electron chi connectivity index (χ3n) is 5.44. The summed E-state index contributed by atoms with van der Waals surface area (Å²) in [6.07, 6.45) is -0.0544. The molecule has 0 aromatic heterocycles. The van der Waals surface area contributed by atoms with Crippen molar-refractivity contribution < 1.29 is 26.8 Å². The number of carbonyl (C=O) groups excluding carboxylic acids is 2. The molecule has 0 aliphatic carbocycles. The van der Waals surface area contributed by atoms with Crippen LogP contribution in [0.4, 0.5) is 14.5 Å². The molecule has 0 saturated carbocycles. The average molecular weight is 470 g/mol. The van der Waals surface area contributed by atoms with Gasteiger partial charge >= 0.3 is 0 Å². The molecule has 0 spiro atoms. The predicted octanol–water partition coefficient (Wildman–Crippen LogP) is 3.53. The van der Waals surface area contributed by atoms with Crippen molar-refractivity contribution in [1.82, 2.24) is 4.31 Å². The van der Waals surface area contributed by atoms with Gasteiger partial charge < -0.3 is 0 Å². The average Bonchev–Trinajstić information content (AvgIpc) is 3.09.